The minimum Gasteiger partial charge on any atom is -0.396 e. The van der Waals surface area contributed by atoms with Crippen molar-refractivity contribution < 1.29 is 0 Å². The summed E-state index contributed by atoms with van der Waals surface area (Å²) in [5.74, 6) is 0. The summed E-state index contributed by atoms with van der Waals surface area (Å²) in [7, 11) is 0. The topological polar surface area (TPSA) is 61.7 Å². The first-order valence-corrected chi connectivity index (χ1v) is 5.34. The molecule has 0 aromatic carbocycles. The third kappa shape index (κ3) is 1.90. The van der Waals surface area contributed by atoms with Crippen LogP contribution in [0.2, 0.25) is 0 Å². The van der Waals surface area contributed by atoms with Crippen molar-refractivity contribution >= 4 is 21.6 Å². The largest absolute Gasteiger partial charge is 0.396 e. The molecule has 5 nitrogen and oxygen atoms in total. The van der Waals surface area contributed by atoms with E-state index in [-0.39, 0.29) is 0 Å². The summed E-state index contributed by atoms with van der Waals surface area (Å²) in [6.07, 6.45) is 3.64. The molecule has 0 unspecified atom stereocenters. The molecule has 0 fully saturated rings. The lowest BCUT2D eigenvalue weighted by Crippen LogP contribution is -2.11. The SMILES string of the molecule is Cc1nn(Cn2cc(Br)cn2)c(C)c1N. The van der Waals surface area contributed by atoms with Gasteiger partial charge in [-0.1, -0.05) is 0 Å². The lowest BCUT2D eigenvalue weighted by Gasteiger charge is -2.03. The maximum atomic E-state index is 5.84. The number of aromatic nitrogens is 4. The molecule has 2 heterocycles. The number of nitrogen functional groups attached to an aromatic ring is 1. The van der Waals surface area contributed by atoms with Crippen LogP contribution in [-0.2, 0) is 6.67 Å². The molecule has 2 aromatic heterocycles. The van der Waals surface area contributed by atoms with Crippen molar-refractivity contribution in [2.24, 2.45) is 0 Å². The third-order valence-corrected chi connectivity index (χ3v) is 2.73. The van der Waals surface area contributed by atoms with Crippen LogP contribution in [0.4, 0.5) is 5.69 Å². The van der Waals surface area contributed by atoms with E-state index in [0.717, 1.165) is 21.5 Å². The Morgan fingerprint density at radius 3 is 2.67 bits per heavy atom. The molecule has 80 valence electrons. The number of halogens is 1. The highest BCUT2D eigenvalue weighted by molar-refractivity contribution is 9.10. The summed E-state index contributed by atoms with van der Waals surface area (Å²) < 4.78 is 4.59. The van der Waals surface area contributed by atoms with E-state index in [1.165, 1.54) is 0 Å². The van der Waals surface area contributed by atoms with Crippen LogP contribution >= 0.6 is 15.9 Å². The summed E-state index contributed by atoms with van der Waals surface area (Å²) in [5, 5.41) is 8.49. The Morgan fingerprint density at radius 1 is 1.47 bits per heavy atom. The van der Waals surface area contributed by atoms with E-state index < -0.39 is 0 Å². The van der Waals surface area contributed by atoms with Gasteiger partial charge in [0, 0.05) is 6.20 Å². The molecule has 0 radical (unpaired) electrons. The highest BCUT2D eigenvalue weighted by Gasteiger charge is 2.08. The van der Waals surface area contributed by atoms with Crippen LogP contribution in [0.25, 0.3) is 0 Å². The smallest absolute Gasteiger partial charge is 0.133 e. The van der Waals surface area contributed by atoms with E-state index in [4.69, 9.17) is 5.73 Å². The van der Waals surface area contributed by atoms with Gasteiger partial charge in [-0.15, -0.1) is 0 Å². The Kier molecular flexibility index (Phi) is 2.52. The quantitative estimate of drug-likeness (QED) is 0.900. The number of anilines is 1. The number of hydrogen-bond donors (Lipinski definition) is 1. The van der Waals surface area contributed by atoms with Crippen molar-refractivity contribution in [3.63, 3.8) is 0 Å². The van der Waals surface area contributed by atoms with Gasteiger partial charge in [0.2, 0.25) is 0 Å². The highest BCUT2D eigenvalue weighted by atomic mass is 79.9. The van der Waals surface area contributed by atoms with Gasteiger partial charge in [0.15, 0.2) is 0 Å². The first kappa shape index (κ1) is 10.2. The fourth-order valence-corrected chi connectivity index (χ4v) is 1.73. The zero-order chi connectivity index (χ0) is 11.0. The van der Waals surface area contributed by atoms with E-state index >= 15 is 0 Å². The van der Waals surface area contributed by atoms with Crippen molar-refractivity contribution in [3.8, 4) is 0 Å². The predicted octanol–water partition coefficient (Wildman–Crippen LogP) is 1.55. The van der Waals surface area contributed by atoms with Crippen LogP contribution < -0.4 is 5.73 Å². The van der Waals surface area contributed by atoms with Gasteiger partial charge in [-0.05, 0) is 29.8 Å². The van der Waals surface area contributed by atoms with Crippen LogP contribution in [0.15, 0.2) is 16.9 Å². The highest BCUT2D eigenvalue weighted by Crippen LogP contribution is 2.15. The predicted molar refractivity (Wildman–Crippen MR) is 61.4 cm³/mol. The fourth-order valence-electron chi connectivity index (χ4n) is 1.40. The van der Waals surface area contributed by atoms with Gasteiger partial charge in [-0.25, -0.2) is 9.36 Å². The summed E-state index contributed by atoms with van der Waals surface area (Å²) in [4.78, 5) is 0. The standard InChI is InChI=1S/C9H12BrN5/c1-6-9(11)7(2)15(13-6)5-14-4-8(10)3-12-14/h3-4H,5,11H2,1-2H3. The molecule has 2 rings (SSSR count). The molecular formula is C9H12BrN5. The van der Waals surface area contributed by atoms with Crippen LogP contribution in [0.5, 0.6) is 0 Å². The van der Waals surface area contributed by atoms with E-state index in [2.05, 4.69) is 26.1 Å². The van der Waals surface area contributed by atoms with Crippen molar-refractivity contribution in [1.29, 1.82) is 0 Å². The van der Waals surface area contributed by atoms with E-state index in [0.29, 0.717) is 6.67 Å². The fraction of sp³-hybridized carbons (Fsp3) is 0.333. The molecule has 2 N–H and O–H groups in total. The molecule has 0 atom stereocenters. The summed E-state index contributed by atoms with van der Waals surface area (Å²) in [6, 6.07) is 0. The number of nitrogens with two attached hydrogens (primary N) is 1. The summed E-state index contributed by atoms with van der Waals surface area (Å²) >= 11 is 3.35. The van der Waals surface area contributed by atoms with Crippen molar-refractivity contribution in [1.82, 2.24) is 19.6 Å². The maximum absolute atomic E-state index is 5.84. The molecule has 0 spiro atoms. The van der Waals surface area contributed by atoms with Gasteiger partial charge in [-0.3, -0.25) is 0 Å². The van der Waals surface area contributed by atoms with Gasteiger partial charge >= 0.3 is 0 Å². The van der Waals surface area contributed by atoms with Gasteiger partial charge in [0.1, 0.15) is 6.67 Å². The zero-order valence-corrected chi connectivity index (χ0v) is 10.2. The lowest BCUT2D eigenvalue weighted by atomic mass is 10.3. The van der Waals surface area contributed by atoms with Crippen LogP contribution in [0.1, 0.15) is 11.4 Å². The Bertz CT molecular complexity index is 485. The molecule has 0 saturated heterocycles. The minimum absolute atomic E-state index is 0.579. The number of nitrogens with zero attached hydrogens (tertiary/aromatic N) is 4. The lowest BCUT2D eigenvalue weighted by molar-refractivity contribution is 0.491. The number of hydrogen-bond acceptors (Lipinski definition) is 3. The van der Waals surface area contributed by atoms with Crippen LogP contribution in [0, 0.1) is 13.8 Å². The molecule has 0 saturated carbocycles. The van der Waals surface area contributed by atoms with E-state index in [1.807, 2.05) is 24.7 Å². The molecular weight excluding hydrogens is 258 g/mol. The molecule has 0 aliphatic rings. The Labute approximate surface area is 96.0 Å². The van der Waals surface area contributed by atoms with E-state index in [1.54, 1.807) is 10.9 Å². The Balaban J connectivity index is 2.28. The first-order valence-electron chi connectivity index (χ1n) is 4.55. The number of rotatable bonds is 2. The molecule has 15 heavy (non-hydrogen) atoms. The normalized spacial score (nSPS) is 10.9. The van der Waals surface area contributed by atoms with Gasteiger partial charge in [0.05, 0.1) is 27.7 Å². The van der Waals surface area contributed by atoms with Crippen LogP contribution in [0.3, 0.4) is 0 Å². The second-order valence-corrected chi connectivity index (χ2v) is 4.34. The number of aryl methyl sites for hydroxylation is 1. The Morgan fingerprint density at radius 2 is 2.20 bits per heavy atom. The summed E-state index contributed by atoms with van der Waals surface area (Å²) in [6.45, 7) is 4.43. The zero-order valence-electron chi connectivity index (χ0n) is 8.61. The second kappa shape index (κ2) is 3.69. The van der Waals surface area contributed by atoms with Gasteiger partial charge in [0.25, 0.3) is 0 Å². The maximum Gasteiger partial charge on any atom is 0.133 e. The Hall–Kier alpha value is -1.30. The molecule has 0 aliphatic heterocycles. The van der Waals surface area contributed by atoms with Crippen molar-refractivity contribution in [2.75, 3.05) is 5.73 Å². The average molecular weight is 270 g/mol. The van der Waals surface area contributed by atoms with Crippen LogP contribution in [-0.4, -0.2) is 19.6 Å². The first-order chi connectivity index (χ1) is 7.08. The van der Waals surface area contributed by atoms with Gasteiger partial charge < -0.3 is 5.73 Å². The molecule has 6 heteroatoms. The van der Waals surface area contributed by atoms with Crippen molar-refractivity contribution in [3.05, 3.63) is 28.3 Å². The summed E-state index contributed by atoms with van der Waals surface area (Å²) in [5.41, 5.74) is 8.42. The monoisotopic (exact) mass is 269 g/mol. The molecule has 2 aromatic rings. The van der Waals surface area contributed by atoms with Gasteiger partial charge in [-0.2, -0.15) is 10.2 Å². The van der Waals surface area contributed by atoms with E-state index in [9.17, 15) is 0 Å². The molecule has 0 bridgehead atoms. The van der Waals surface area contributed by atoms with Crippen molar-refractivity contribution in [2.45, 2.75) is 20.5 Å². The second-order valence-electron chi connectivity index (χ2n) is 3.42. The minimum atomic E-state index is 0.579. The average Bonchev–Trinajstić information content (AvgIpc) is 2.68. The molecule has 0 aliphatic carbocycles. The third-order valence-electron chi connectivity index (χ3n) is 2.32. The molecule has 0 amide bonds.